The number of urea groups is 1. The van der Waals surface area contributed by atoms with Crippen LogP contribution in [0.4, 0.5) is 9.18 Å². The van der Waals surface area contributed by atoms with Crippen LogP contribution in [-0.2, 0) is 13.1 Å². The Hall–Kier alpha value is -2.76. The Bertz CT molecular complexity index is 703. The van der Waals surface area contributed by atoms with Crippen molar-refractivity contribution in [1.82, 2.24) is 10.2 Å². The highest BCUT2D eigenvalue weighted by Gasteiger charge is 2.15. The number of hydrogen-bond donors (Lipinski definition) is 1. The second-order valence-electron chi connectivity index (χ2n) is 5.33. The third kappa shape index (κ3) is 3.71. The molecule has 3 rings (SSSR count). The van der Waals surface area contributed by atoms with E-state index < -0.39 is 0 Å². The maximum atomic E-state index is 12.8. The predicted octanol–water partition coefficient (Wildman–Crippen LogP) is 2.90. The number of ether oxygens (including phenoxy) is 2. The summed E-state index contributed by atoms with van der Waals surface area (Å²) in [6.45, 7) is 1.03. The SMILES string of the molecule is CN(Cc1ccc2c(c1)OCO2)C(=O)NCc1ccc(F)cc1. The first-order chi connectivity index (χ1) is 11.1. The Morgan fingerprint density at radius 2 is 1.83 bits per heavy atom. The molecule has 2 aromatic carbocycles. The van der Waals surface area contributed by atoms with E-state index in [0.29, 0.717) is 18.8 Å². The van der Waals surface area contributed by atoms with Gasteiger partial charge in [0.25, 0.3) is 0 Å². The summed E-state index contributed by atoms with van der Waals surface area (Å²) in [5.41, 5.74) is 1.80. The fourth-order valence-corrected chi connectivity index (χ4v) is 2.30. The van der Waals surface area contributed by atoms with Gasteiger partial charge < -0.3 is 19.7 Å². The smallest absolute Gasteiger partial charge is 0.317 e. The van der Waals surface area contributed by atoms with Gasteiger partial charge in [-0.05, 0) is 35.4 Å². The second kappa shape index (κ2) is 6.56. The lowest BCUT2D eigenvalue weighted by molar-refractivity contribution is 0.174. The number of hydrogen-bond acceptors (Lipinski definition) is 3. The van der Waals surface area contributed by atoms with Gasteiger partial charge in [-0.2, -0.15) is 0 Å². The molecule has 0 atom stereocenters. The van der Waals surface area contributed by atoms with Crippen molar-refractivity contribution in [2.24, 2.45) is 0 Å². The lowest BCUT2D eigenvalue weighted by Gasteiger charge is -2.18. The van der Waals surface area contributed by atoms with E-state index in [4.69, 9.17) is 9.47 Å². The molecule has 5 nitrogen and oxygen atoms in total. The number of fused-ring (bicyclic) bond motifs is 1. The first kappa shape index (κ1) is 15.1. The summed E-state index contributed by atoms with van der Waals surface area (Å²) in [5, 5.41) is 2.80. The fourth-order valence-electron chi connectivity index (χ4n) is 2.30. The molecule has 0 bridgehead atoms. The van der Waals surface area contributed by atoms with Crippen molar-refractivity contribution in [3.05, 3.63) is 59.4 Å². The summed E-state index contributed by atoms with van der Waals surface area (Å²) in [4.78, 5) is 13.7. The van der Waals surface area contributed by atoms with Crippen LogP contribution in [0.3, 0.4) is 0 Å². The molecule has 0 aliphatic carbocycles. The average Bonchev–Trinajstić information content (AvgIpc) is 3.01. The van der Waals surface area contributed by atoms with E-state index >= 15 is 0 Å². The van der Waals surface area contributed by atoms with E-state index in [-0.39, 0.29) is 18.6 Å². The van der Waals surface area contributed by atoms with E-state index in [0.717, 1.165) is 16.9 Å². The maximum Gasteiger partial charge on any atom is 0.317 e. The molecule has 0 spiro atoms. The Balaban J connectivity index is 1.54. The number of carbonyl (C=O) groups excluding carboxylic acids is 1. The standard InChI is InChI=1S/C17H17FN2O3/c1-20(10-13-4-7-15-16(8-13)23-11-22-15)17(21)19-9-12-2-5-14(18)6-3-12/h2-8H,9-11H2,1H3,(H,19,21). The molecule has 1 aliphatic rings. The first-order valence-electron chi connectivity index (χ1n) is 7.24. The van der Waals surface area contributed by atoms with Gasteiger partial charge >= 0.3 is 6.03 Å². The van der Waals surface area contributed by atoms with Gasteiger partial charge in [0, 0.05) is 20.1 Å². The van der Waals surface area contributed by atoms with Crippen molar-refractivity contribution in [3.8, 4) is 11.5 Å². The predicted molar refractivity (Wildman–Crippen MR) is 82.7 cm³/mol. The molecule has 0 saturated heterocycles. The lowest BCUT2D eigenvalue weighted by Crippen LogP contribution is -2.36. The van der Waals surface area contributed by atoms with Gasteiger partial charge in [0.2, 0.25) is 6.79 Å². The number of rotatable bonds is 4. The normalized spacial score (nSPS) is 12.1. The quantitative estimate of drug-likeness (QED) is 0.943. The minimum absolute atomic E-state index is 0.202. The van der Waals surface area contributed by atoms with Crippen LogP contribution in [0.2, 0.25) is 0 Å². The van der Waals surface area contributed by atoms with Crippen LogP contribution in [0.25, 0.3) is 0 Å². The topological polar surface area (TPSA) is 50.8 Å². The van der Waals surface area contributed by atoms with Crippen molar-refractivity contribution in [3.63, 3.8) is 0 Å². The lowest BCUT2D eigenvalue weighted by atomic mass is 10.2. The monoisotopic (exact) mass is 316 g/mol. The minimum atomic E-state index is -0.292. The van der Waals surface area contributed by atoms with Gasteiger partial charge in [-0.1, -0.05) is 18.2 Å². The van der Waals surface area contributed by atoms with E-state index in [1.54, 1.807) is 24.1 Å². The van der Waals surface area contributed by atoms with E-state index in [9.17, 15) is 9.18 Å². The van der Waals surface area contributed by atoms with Gasteiger partial charge in [-0.3, -0.25) is 0 Å². The van der Waals surface area contributed by atoms with Gasteiger partial charge in [-0.15, -0.1) is 0 Å². The number of amides is 2. The molecule has 2 amide bonds. The molecule has 0 aromatic heterocycles. The number of benzene rings is 2. The van der Waals surface area contributed by atoms with Crippen molar-refractivity contribution in [2.75, 3.05) is 13.8 Å². The van der Waals surface area contributed by atoms with Gasteiger partial charge in [0.05, 0.1) is 0 Å². The van der Waals surface area contributed by atoms with Gasteiger partial charge in [0.15, 0.2) is 11.5 Å². The van der Waals surface area contributed by atoms with E-state index in [1.807, 2.05) is 18.2 Å². The molecule has 0 fully saturated rings. The zero-order valence-corrected chi connectivity index (χ0v) is 12.7. The number of halogens is 1. The summed E-state index contributed by atoms with van der Waals surface area (Å²) in [6, 6.07) is 11.4. The zero-order valence-electron chi connectivity index (χ0n) is 12.7. The number of nitrogens with zero attached hydrogens (tertiary/aromatic N) is 1. The third-order valence-corrected chi connectivity index (χ3v) is 3.56. The average molecular weight is 316 g/mol. The van der Waals surface area contributed by atoms with Crippen LogP contribution in [0.5, 0.6) is 11.5 Å². The molecule has 1 heterocycles. The van der Waals surface area contributed by atoms with Crippen LogP contribution >= 0.6 is 0 Å². The Morgan fingerprint density at radius 1 is 1.13 bits per heavy atom. The van der Waals surface area contributed by atoms with Gasteiger partial charge in [-0.25, -0.2) is 9.18 Å². The molecular formula is C17H17FN2O3. The van der Waals surface area contributed by atoms with Crippen LogP contribution in [0.1, 0.15) is 11.1 Å². The molecule has 0 radical (unpaired) electrons. The highest BCUT2D eigenvalue weighted by atomic mass is 19.1. The first-order valence-corrected chi connectivity index (χ1v) is 7.24. The summed E-state index contributed by atoms with van der Waals surface area (Å²) < 4.78 is 23.4. The van der Waals surface area contributed by atoms with Crippen LogP contribution in [0.15, 0.2) is 42.5 Å². The summed E-state index contributed by atoms with van der Waals surface area (Å²) >= 11 is 0. The molecule has 2 aromatic rings. The van der Waals surface area contributed by atoms with E-state index in [2.05, 4.69) is 5.32 Å². The fraction of sp³-hybridized carbons (Fsp3) is 0.235. The van der Waals surface area contributed by atoms with Crippen molar-refractivity contribution in [1.29, 1.82) is 0 Å². The van der Waals surface area contributed by atoms with Crippen LogP contribution < -0.4 is 14.8 Å². The summed E-state index contributed by atoms with van der Waals surface area (Å²) in [6.07, 6.45) is 0. The van der Waals surface area contributed by atoms with Crippen molar-refractivity contribution in [2.45, 2.75) is 13.1 Å². The third-order valence-electron chi connectivity index (χ3n) is 3.56. The molecule has 6 heteroatoms. The highest BCUT2D eigenvalue weighted by Crippen LogP contribution is 2.32. The molecule has 0 unspecified atom stereocenters. The molecule has 1 aliphatic heterocycles. The molecular weight excluding hydrogens is 299 g/mol. The molecule has 23 heavy (non-hydrogen) atoms. The summed E-state index contributed by atoms with van der Waals surface area (Å²) in [7, 11) is 1.71. The Kier molecular flexibility index (Phi) is 4.32. The molecule has 1 N–H and O–H groups in total. The van der Waals surface area contributed by atoms with E-state index in [1.165, 1.54) is 12.1 Å². The molecule has 120 valence electrons. The number of carbonyl (C=O) groups is 1. The second-order valence-corrected chi connectivity index (χ2v) is 5.33. The largest absolute Gasteiger partial charge is 0.454 e. The van der Waals surface area contributed by atoms with Crippen molar-refractivity contribution >= 4 is 6.03 Å². The van der Waals surface area contributed by atoms with Gasteiger partial charge in [0.1, 0.15) is 5.82 Å². The Morgan fingerprint density at radius 3 is 2.61 bits per heavy atom. The zero-order chi connectivity index (χ0) is 16.2. The molecule has 0 saturated carbocycles. The maximum absolute atomic E-state index is 12.8. The van der Waals surface area contributed by atoms with Crippen LogP contribution in [-0.4, -0.2) is 24.8 Å². The Labute approximate surface area is 133 Å². The minimum Gasteiger partial charge on any atom is -0.454 e. The number of nitrogens with one attached hydrogen (secondary N) is 1. The summed E-state index contributed by atoms with van der Waals surface area (Å²) in [5.74, 6) is 1.12. The highest BCUT2D eigenvalue weighted by molar-refractivity contribution is 5.73. The van der Waals surface area contributed by atoms with Crippen LogP contribution in [0, 0.1) is 5.82 Å². The van der Waals surface area contributed by atoms with Crippen molar-refractivity contribution < 1.29 is 18.7 Å².